The number of nitrogens with zero attached hydrogens (tertiary/aromatic N) is 1. The molecule has 3 N–H and O–H groups in total. The number of pyridine rings is 1. The molecule has 2 aliphatic carbocycles. The molecular formula is C27H25N3O5. The minimum atomic E-state index is -1.12. The number of rotatable bonds is 7. The van der Waals surface area contributed by atoms with Gasteiger partial charge in [-0.05, 0) is 41.2 Å². The number of aromatic nitrogens is 1. The molecule has 0 atom stereocenters. The van der Waals surface area contributed by atoms with Crippen LogP contribution in [0.5, 0.6) is 0 Å². The Hall–Kier alpha value is -4.20. The molecule has 5 rings (SSSR count). The number of carbonyl (C=O) groups excluding carboxylic acids is 2. The van der Waals surface area contributed by atoms with E-state index in [0.717, 1.165) is 28.7 Å². The zero-order valence-corrected chi connectivity index (χ0v) is 19.0. The van der Waals surface area contributed by atoms with Crippen LogP contribution >= 0.6 is 0 Å². The molecule has 1 aromatic heterocycles. The van der Waals surface area contributed by atoms with E-state index in [-0.39, 0.29) is 30.5 Å². The number of carbonyl (C=O) groups is 3. The number of ether oxygens (including phenoxy) is 1. The number of amides is 2. The molecule has 3 aromatic rings. The van der Waals surface area contributed by atoms with Gasteiger partial charge in [0.15, 0.2) is 0 Å². The SMILES string of the molecule is O=C(NCC1(C(=O)Nc2cncc(C(=O)O)c2)CCC1)OCC1c2ccccc2-c2ccccc21. The fourth-order valence-corrected chi connectivity index (χ4v) is 4.87. The van der Waals surface area contributed by atoms with Gasteiger partial charge in [0.25, 0.3) is 0 Å². The van der Waals surface area contributed by atoms with Crippen LogP contribution in [0.3, 0.4) is 0 Å². The Labute approximate surface area is 202 Å². The van der Waals surface area contributed by atoms with Crippen LogP contribution in [0.4, 0.5) is 10.5 Å². The second-order valence-corrected chi connectivity index (χ2v) is 9.03. The summed E-state index contributed by atoms with van der Waals surface area (Å²) >= 11 is 0. The molecule has 1 heterocycles. The highest BCUT2D eigenvalue weighted by Gasteiger charge is 2.44. The van der Waals surface area contributed by atoms with Crippen LogP contribution in [-0.2, 0) is 9.53 Å². The fourth-order valence-electron chi connectivity index (χ4n) is 4.87. The van der Waals surface area contributed by atoms with Gasteiger partial charge in [-0.2, -0.15) is 0 Å². The van der Waals surface area contributed by atoms with Crippen molar-refractivity contribution in [2.75, 3.05) is 18.5 Å². The molecule has 2 aromatic carbocycles. The van der Waals surface area contributed by atoms with E-state index >= 15 is 0 Å². The third kappa shape index (κ3) is 4.35. The quantitative estimate of drug-likeness (QED) is 0.469. The van der Waals surface area contributed by atoms with Gasteiger partial charge in [-0.25, -0.2) is 9.59 Å². The molecule has 0 bridgehead atoms. The number of hydrogen-bond acceptors (Lipinski definition) is 5. The molecule has 8 nitrogen and oxygen atoms in total. The van der Waals surface area contributed by atoms with Crippen LogP contribution < -0.4 is 10.6 Å². The lowest BCUT2D eigenvalue weighted by Gasteiger charge is -2.40. The molecule has 8 heteroatoms. The average Bonchev–Trinajstić information content (AvgIpc) is 3.16. The molecule has 2 aliphatic rings. The lowest BCUT2D eigenvalue weighted by Crippen LogP contribution is -2.50. The van der Waals surface area contributed by atoms with Crippen LogP contribution in [-0.4, -0.2) is 41.2 Å². The minimum absolute atomic E-state index is 0.0118. The Morgan fingerprint density at radius 3 is 2.26 bits per heavy atom. The molecule has 178 valence electrons. The molecular weight excluding hydrogens is 446 g/mol. The normalized spacial score (nSPS) is 15.3. The molecule has 1 fully saturated rings. The van der Waals surface area contributed by atoms with E-state index in [0.29, 0.717) is 18.5 Å². The van der Waals surface area contributed by atoms with Gasteiger partial charge in [-0.15, -0.1) is 0 Å². The molecule has 0 saturated heterocycles. The highest BCUT2D eigenvalue weighted by molar-refractivity contribution is 5.97. The largest absolute Gasteiger partial charge is 0.478 e. The highest BCUT2D eigenvalue weighted by atomic mass is 16.5. The van der Waals surface area contributed by atoms with Crippen molar-refractivity contribution in [1.82, 2.24) is 10.3 Å². The van der Waals surface area contributed by atoms with Crippen LogP contribution in [0.2, 0.25) is 0 Å². The minimum Gasteiger partial charge on any atom is -0.478 e. The summed E-state index contributed by atoms with van der Waals surface area (Å²) in [5.41, 5.74) is 4.11. The van der Waals surface area contributed by atoms with Crippen molar-refractivity contribution in [3.8, 4) is 11.1 Å². The molecule has 2 amide bonds. The zero-order chi connectivity index (χ0) is 24.4. The van der Waals surface area contributed by atoms with Crippen molar-refractivity contribution in [1.29, 1.82) is 0 Å². The van der Waals surface area contributed by atoms with Crippen LogP contribution in [0.25, 0.3) is 11.1 Å². The summed E-state index contributed by atoms with van der Waals surface area (Å²) in [6.45, 7) is 0.342. The number of hydrogen-bond donors (Lipinski definition) is 3. The Morgan fingerprint density at radius 2 is 1.66 bits per heavy atom. The predicted octanol–water partition coefficient (Wildman–Crippen LogP) is 4.43. The van der Waals surface area contributed by atoms with Gasteiger partial charge in [0, 0.05) is 18.7 Å². The number of carboxylic acid groups (broad SMARTS) is 1. The standard InChI is InChI=1S/C27H25N3O5/c31-24(32)17-12-18(14-28-13-17)30-25(33)27(10-5-11-27)16-29-26(34)35-15-23-21-8-3-1-6-19(21)20-7-2-4-9-22(20)23/h1-4,6-9,12-14,23H,5,10-11,15-16H2,(H,29,34)(H,30,33)(H,31,32). The first kappa shape index (κ1) is 22.6. The predicted molar refractivity (Wildman–Crippen MR) is 129 cm³/mol. The van der Waals surface area contributed by atoms with E-state index in [9.17, 15) is 14.4 Å². The van der Waals surface area contributed by atoms with E-state index in [4.69, 9.17) is 9.84 Å². The van der Waals surface area contributed by atoms with E-state index in [2.05, 4.69) is 39.9 Å². The zero-order valence-electron chi connectivity index (χ0n) is 19.0. The number of aromatic carboxylic acids is 1. The first-order valence-electron chi connectivity index (χ1n) is 11.6. The summed E-state index contributed by atoms with van der Waals surface area (Å²) in [6, 6.07) is 17.6. The summed E-state index contributed by atoms with van der Waals surface area (Å²) in [6.07, 6.45) is 4.15. The third-order valence-electron chi connectivity index (χ3n) is 6.95. The van der Waals surface area contributed by atoms with Crippen LogP contribution in [0, 0.1) is 5.41 Å². The first-order valence-corrected chi connectivity index (χ1v) is 11.6. The maximum atomic E-state index is 13.0. The summed E-state index contributed by atoms with van der Waals surface area (Å²) in [4.78, 5) is 40.6. The summed E-state index contributed by atoms with van der Waals surface area (Å²) in [5.74, 6) is -1.43. The highest BCUT2D eigenvalue weighted by Crippen LogP contribution is 2.44. The lowest BCUT2D eigenvalue weighted by atomic mass is 9.68. The maximum Gasteiger partial charge on any atom is 0.407 e. The van der Waals surface area contributed by atoms with Gasteiger partial charge in [-0.3, -0.25) is 9.78 Å². The molecule has 35 heavy (non-hydrogen) atoms. The van der Waals surface area contributed by atoms with Crippen molar-refractivity contribution < 1.29 is 24.2 Å². The third-order valence-corrected chi connectivity index (χ3v) is 6.95. The van der Waals surface area contributed by atoms with Gasteiger partial charge >= 0.3 is 12.1 Å². The van der Waals surface area contributed by atoms with E-state index in [1.165, 1.54) is 18.5 Å². The number of alkyl carbamates (subject to hydrolysis) is 1. The second kappa shape index (κ2) is 9.21. The number of anilines is 1. The van der Waals surface area contributed by atoms with Crippen molar-refractivity contribution in [3.63, 3.8) is 0 Å². The Balaban J connectivity index is 1.20. The number of carboxylic acids is 1. The van der Waals surface area contributed by atoms with Crippen LogP contribution in [0.1, 0.15) is 46.7 Å². The summed E-state index contributed by atoms with van der Waals surface area (Å²) in [5, 5.41) is 14.6. The number of fused-ring (bicyclic) bond motifs is 3. The van der Waals surface area contributed by atoms with Crippen molar-refractivity contribution in [3.05, 3.63) is 83.7 Å². The Kier molecular flexibility index (Phi) is 5.94. The summed E-state index contributed by atoms with van der Waals surface area (Å²) < 4.78 is 5.59. The van der Waals surface area contributed by atoms with Gasteiger partial charge in [0.05, 0.1) is 22.9 Å². The first-order chi connectivity index (χ1) is 17.0. The van der Waals surface area contributed by atoms with Gasteiger partial charge < -0.3 is 20.5 Å². The van der Waals surface area contributed by atoms with Gasteiger partial charge in [0.1, 0.15) is 6.61 Å². The monoisotopic (exact) mass is 471 g/mol. The van der Waals surface area contributed by atoms with E-state index in [1.54, 1.807) is 0 Å². The van der Waals surface area contributed by atoms with Crippen molar-refractivity contribution >= 4 is 23.7 Å². The topological polar surface area (TPSA) is 118 Å². The second-order valence-electron chi connectivity index (χ2n) is 9.03. The van der Waals surface area contributed by atoms with Gasteiger partial charge in [-0.1, -0.05) is 55.0 Å². The molecule has 0 unspecified atom stereocenters. The van der Waals surface area contributed by atoms with Crippen molar-refractivity contribution in [2.45, 2.75) is 25.2 Å². The molecule has 0 radical (unpaired) electrons. The smallest absolute Gasteiger partial charge is 0.407 e. The van der Waals surface area contributed by atoms with E-state index < -0.39 is 17.5 Å². The van der Waals surface area contributed by atoms with E-state index in [1.807, 2.05) is 24.3 Å². The Bertz CT molecular complexity index is 1260. The van der Waals surface area contributed by atoms with Crippen molar-refractivity contribution in [2.24, 2.45) is 5.41 Å². The fraction of sp³-hybridized carbons (Fsp3) is 0.259. The molecule has 0 aliphatic heterocycles. The molecule has 0 spiro atoms. The lowest BCUT2D eigenvalue weighted by molar-refractivity contribution is -0.129. The Morgan fingerprint density at radius 1 is 1.00 bits per heavy atom. The number of benzene rings is 2. The van der Waals surface area contributed by atoms with Gasteiger partial charge in [0.2, 0.25) is 5.91 Å². The maximum absolute atomic E-state index is 13.0. The average molecular weight is 472 g/mol. The summed E-state index contributed by atoms with van der Waals surface area (Å²) in [7, 11) is 0. The molecule has 1 saturated carbocycles. The number of nitrogens with one attached hydrogen (secondary N) is 2. The van der Waals surface area contributed by atoms with Crippen LogP contribution in [0.15, 0.2) is 67.0 Å².